The van der Waals surface area contributed by atoms with Gasteiger partial charge in [0.25, 0.3) is 0 Å². The van der Waals surface area contributed by atoms with Crippen LogP contribution in [0, 0.1) is 6.92 Å². The maximum absolute atomic E-state index is 9.31. The van der Waals surface area contributed by atoms with Gasteiger partial charge in [0.15, 0.2) is 0 Å². The lowest BCUT2D eigenvalue weighted by atomic mass is 10.2. The second-order valence-electron chi connectivity index (χ2n) is 2.77. The first-order valence-electron chi connectivity index (χ1n) is 3.66. The molecule has 2 rings (SSSR count). The molecule has 1 heterocycles. The van der Waals surface area contributed by atoms with Crippen LogP contribution in [-0.4, -0.2) is 5.11 Å². The molecule has 0 unspecified atom stereocenters. The zero-order valence-corrected chi connectivity index (χ0v) is 7.48. The van der Waals surface area contributed by atoms with E-state index in [0.29, 0.717) is 5.69 Å². The summed E-state index contributed by atoms with van der Waals surface area (Å²) < 4.78 is 1.13. The predicted molar refractivity (Wildman–Crippen MR) is 52.6 cm³/mol. The fourth-order valence-corrected chi connectivity index (χ4v) is 2.19. The molecule has 0 saturated carbocycles. The van der Waals surface area contributed by atoms with Crippen LogP contribution in [0.15, 0.2) is 18.2 Å². The van der Waals surface area contributed by atoms with Gasteiger partial charge in [-0.2, -0.15) is 0 Å². The molecule has 0 bridgehead atoms. The van der Waals surface area contributed by atoms with Crippen molar-refractivity contribution in [2.24, 2.45) is 0 Å². The largest absolute Gasteiger partial charge is 0.506 e. The molecule has 1 aromatic carbocycles. The zero-order chi connectivity index (χ0) is 8.72. The van der Waals surface area contributed by atoms with Crippen molar-refractivity contribution in [3.63, 3.8) is 0 Å². The highest BCUT2D eigenvalue weighted by Crippen LogP contribution is 2.34. The van der Waals surface area contributed by atoms with Crippen molar-refractivity contribution in [3.8, 4) is 5.75 Å². The van der Waals surface area contributed by atoms with E-state index in [-0.39, 0.29) is 5.75 Å². The number of hydrogen-bond acceptors (Lipinski definition) is 3. The smallest absolute Gasteiger partial charge is 0.139 e. The topological polar surface area (TPSA) is 46.2 Å². The van der Waals surface area contributed by atoms with Gasteiger partial charge < -0.3 is 10.8 Å². The van der Waals surface area contributed by atoms with Gasteiger partial charge in [-0.1, -0.05) is 0 Å². The molecule has 1 aromatic heterocycles. The number of thiophene rings is 1. The van der Waals surface area contributed by atoms with Crippen molar-refractivity contribution in [1.29, 1.82) is 0 Å². The number of nitrogens with two attached hydrogens (primary N) is 1. The number of aromatic hydroxyl groups is 1. The minimum Gasteiger partial charge on any atom is -0.506 e. The molecule has 0 saturated heterocycles. The molecule has 0 amide bonds. The van der Waals surface area contributed by atoms with E-state index < -0.39 is 0 Å². The number of phenolic OH excluding ortho intramolecular Hbond substituents is 1. The van der Waals surface area contributed by atoms with Crippen LogP contribution in [-0.2, 0) is 0 Å². The fourth-order valence-electron chi connectivity index (χ4n) is 1.25. The average Bonchev–Trinajstić information content (AvgIpc) is 2.39. The van der Waals surface area contributed by atoms with E-state index in [1.54, 1.807) is 17.4 Å². The van der Waals surface area contributed by atoms with E-state index in [9.17, 15) is 5.11 Å². The highest BCUT2D eigenvalue weighted by atomic mass is 32.1. The third-order valence-corrected chi connectivity index (χ3v) is 2.86. The summed E-state index contributed by atoms with van der Waals surface area (Å²) in [5.74, 6) is 0.167. The molecule has 3 N–H and O–H groups in total. The van der Waals surface area contributed by atoms with Crippen LogP contribution in [0.1, 0.15) is 4.88 Å². The van der Waals surface area contributed by atoms with E-state index in [1.165, 1.54) is 4.88 Å². The monoisotopic (exact) mass is 179 g/mol. The Labute approximate surface area is 74.3 Å². The quantitative estimate of drug-likeness (QED) is 0.482. The van der Waals surface area contributed by atoms with Gasteiger partial charge in [-0.05, 0) is 25.1 Å². The highest BCUT2D eigenvalue weighted by molar-refractivity contribution is 7.19. The Balaban J connectivity index is 2.89. The van der Waals surface area contributed by atoms with Gasteiger partial charge in [-0.3, -0.25) is 0 Å². The fraction of sp³-hybridized carbons (Fsp3) is 0.111. The van der Waals surface area contributed by atoms with Crippen LogP contribution in [0.25, 0.3) is 10.1 Å². The van der Waals surface area contributed by atoms with Crippen LogP contribution < -0.4 is 5.73 Å². The number of hydrogen-bond donors (Lipinski definition) is 2. The number of benzene rings is 1. The summed E-state index contributed by atoms with van der Waals surface area (Å²) in [4.78, 5) is 1.21. The summed E-state index contributed by atoms with van der Waals surface area (Å²) in [6.45, 7) is 2.03. The molecule has 62 valence electrons. The van der Waals surface area contributed by atoms with E-state index in [2.05, 4.69) is 0 Å². The number of rotatable bonds is 0. The molecule has 2 aromatic rings. The number of fused-ring (bicyclic) bond motifs is 1. The molecule has 0 fully saturated rings. The van der Waals surface area contributed by atoms with Gasteiger partial charge in [0.05, 0.1) is 5.69 Å². The predicted octanol–water partition coefficient (Wildman–Crippen LogP) is 2.50. The van der Waals surface area contributed by atoms with Crippen LogP contribution in [0.5, 0.6) is 5.75 Å². The molecular formula is C9H9NOS. The van der Waals surface area contributed by atoms with E-state index >= 15 is 0 Å². The van der Waals surface area contributed by atoms with Gasteiger partial charge in [0.1, 0.15) is 5.75 Å². The third kappa shape index (κ3) is 0.940. The summed E-state index contributed by atoms with van der Waals surface area (Å²) in [6, 6.07) is 5.52. The van der Waals surface area contributed by atoms with Gasteiger partial charge >= 0.3 is 0 Å². The van der Waals surface area contributed by atoms with Gasteiger partial charge in [0, 0.05) is 15.0 Å². The Hall–Kier alpha value is -1.22. The summed E-state index contributed by atoms with van der Waals surface area (Å²) in [5, 5.41) is 10.3. The van der Waals surface area contributed by atoms with Gasteiger partial charge in [0.2, 0.25) is 0 Å². The number of aryl methyl sites for hydroxylation is 1. The molecule has 0 atom stereocenters. The highest BCUT2D eigenvalue weighted by Gasteiger charge is 2.04. The molecule has 0 aliphatic carbocycles. The first-order valence-corrected chi connectivity index (χ1v) is 4.48. The lowest BCUT2D eigenvalue weighted by molar-refractivity contribution is 0.479. The first-order chi connectivity index (χ1) is 5.68. The Morgan fingerprint density at radius 1 is 1.42 bits per heavy atom. The van der Waals surface area contributed by atoms with Crippen molar-refractivity contribution in [1.82, 2.24) is 0 Å². The Morgan fingerprint density at radius 3 is 2.92 bits per heavy atom. The SMILES string of the molecule is Cc1cc2c(N)c(O)ccc2s1. The zero-order valence-electron chi connectivity index (χ0n) is 6.66. The Bertz CT molecular complexity index is 433. The molecule has 0 aliphatic heterocycles. The Kier molecular flexibility index (Phi) is 1.48. The number of anilines is 1. The summed E-state index contributed by atoms with van der Waals surface area (Å²) in [6.07, 6.45) is 0. The number of phenols is 1. The molecule has 0 spiro atoms. The summed E-state index contributed by atoms with van der Waals surface area (Å²) in [5.41, 5.74) is 6.17. The standard InChI is InChI=1S/C9H9NOS/c1-5-4-6-8(12-5)3-2-7(11)9(6)10/h2-4,11H,10H2,1H3. The summed E-state index contributed by atoms with van der Waals surface area (Å²) in [7, 11) is 0. The van der Waals surface area contributed by atoms with Crippen LogP contribution in [0.4, 0.5) is 5.69 Å². The van der Waals surface area contributed by atoms with Crippen LogP contribution in [0.2, 0.25) is 0 Å². The van der Waals surface area contributed by atoms with E-state index in [1.807, 2.05) is 19.1 Å². The lowest BCUT2D eigenvalue weighted by Gasteiger charge is -1.98. The maximum atomic E-state index is 9.31. The molecule has 3 heteroatoms. The molecule has 0 radical (unpaired) electrons. The second kappa shape index (κ2) is 2.38. The molecule has 2 nitrogen and oxygen atoms in total. The van der Waals surface area contributed by atoms with E-state index in [0.717, 1.165) is 10.1 Å². The second-order valence-corrected chi connectivity index (χ2v) is 4.06. The van der Waals surface area contributed by atoms with Crippen molar-refractivity contribution in [2.75, 3.05) is 5.73 Å². The minimum absolute atomic E-state index is 0.167. The third-order valence-electron chi connectivity index (χ3n) is 1.84. The van der Waals surface area contributed by atoms with Crippen LogP contribution in [0.3, 0.4) is 0 Å². The molecule has 12 heavy (non-hydrogen) atoms. The van der Waals surface area contributed by atoms with Gasteiger partial charge in [-0.25, -0.2) is 0 Å². The van der Waals surface area contributed by atoms with Crippen LogP contribution >= 0.6 is 11.3 Å². The average molecular weight is 179 g/mol. The normalized spacial score (nSPS) is 10.8. The van der Waals surface area contributed by atoms with Crippen molar-refractivity contribution in [2.45, 2.75) is 6.92 Å². The van der Waals surface area contributed by atoms with Gasteiger partial charge in [-0.15, -0.1) is 11.3 Å². The minimum atomic E-state index is 0.167. The lowest BCUT2D eigenvalue weighted by Crippen LogP contribution is -1.84. The van der Waals surface area contributed by atoms with E-state index in [4.69, 9.17) is 5.73 Å². The van der Waals surface area contributed by atoms with Crippen molar-refractivity contribution in [3.05, 3.63) is 23.1 Å². The molecular weight excluding hydrogens is 170 g/mol. The summed E-state index contributed by atoms with van der Waals surface area (Å²) >= 11 is 1.68. The van der Waals surface area contributed by atoms with Crippen molar-refractivity contribution >= 4 is 27.1 Å². The van der Waals surface area contributed by atoms with Crippen molar-refractivity contribution < 1.29 is 5.11 Å². The first kappa shape index (κ1) is 7.43. The molecule has 0 aliphatic rings. The number of nitrogen functional groups attached to an aromatic ring is 1. The Morgan fingerprint density at radius 2 is 2.17 bits per heavy atom. The maximum Gasteiger partial charge on any atom is 0.139 e.